The number of hydrogen-bond donors (Lipinski definition) is 2. The molecule has 3 N–H and O–H groups in total. The highest BCUT2D eigenvalue weighted by molar-refractivity contribution is 6.34. The van der Waals surface area contributed by atoms with E-state index in [2.05, 4.69) is 5.32 Å². The molecule has 0 bridgehead atoms. The SMILES string of the molecule is Cl.Nc1ccc(C(=O)N2CCC(NC(=O)C3CC3)CC2)c(Cl)c1. The molecule has 1 aromatic rings. The molecule has 1 saturated heterocycles. The van der Waals surface area contributed by atoms with Crippen molar-refractivity contribution in [1.29, 1.82) is 0 Å². The Kier molecular flexibility index (Phi) is 5.76. The minimum absolute atomic E-state index is 0. The molecule has 1 saturated carbocycles. The number of nitrogens with one attached hydrogen (secondary N) is 1. The fraction of sp³-hybridized carbons (Fsp3) is 0.500. The fourth-order valence-corrected chi connectivity index (χ4v) is 3.04. The summed E-state index contributed by atoms with van der Waals surface area (Å²) in [5.74, 6) is 0.330. The van der Waals surface area contributed by atoms with Gasteiger partial charge in [-0.3, -0.25) is 9.59 Å². The van der Waals surface area contributed by atoms with Crippen molar-refractivity contribution in [2.45, 2.75) is 31.7 Å². The summed E-state index contributed by atoms with van der Waals surface area (Å²) in [6, 6.07) is 5.12. The molecule has 0 radical (unpaired) electrons. The molecule has 3 rings (SSSR count). The van der Waals surface area contributed by atoms with Crippen LogP contribution in [0.3, 0.4) is 0 Å². The lowest BCUT2D eigenvalue weighted by Crippen LogP contribution is -2.47. The van der Waals surface area contributed by atoms with Crippen molar-refractivity contribution in [3.63, 3.8) is 0 Å². The van der Waals surface area contributed by atoms with Crippen LogP contribution in [-0.4, -0.2) is 35.8 Å². The highest BCUT2D eigenvalue weighted by Gasteiger charge is 2.32. The predicted octanol–water partition coefficient (Wildman–Crippen LogP) is 2.47. The van der Waals surface area contributed by atoms with Gasteiger partial charge in [0.1, 0.15) is 0 Å². The van der Waals surface area contributed by atoms with E-state index in [1.807, 2.05) is 0 Å². The first-order chi connectivity index (χ1) is 10.5. The topological polar surface area (TPSA) is 75.4 Å². The van der Waals surface area contributed by atoms with E-state index in [9.17, 15) is 9.59 Å². The number of nitrogens with zero attached hydrogens (tertiary/aromatic N) is 1. The molecular formula is C16H21Cl2N3O2. The van der Waals surface area contributed by atoms with E-state index < -0.39 is 0 Å². The number of rotatable bonds is 3. The molecule has 1 aliphatic heterocycles. The van der Waals surface area contributed by atoms with Crippen molar-refractivity contribution in [3.8, 4) is 0 Å². The molecule has 0 atom stereocenters. The standard InChI is InChI=1S/C16H20ClN3O2.ClH/c17-14-9-11(18)3-4-13(14)16(22)20-7-5-12(6-8-20)19-15(21)10-1-2-10;/h3-4,9-10,12H,1-2,5-8,18H2,(H,19,21);1H. The minimum Gasteiger partial charge on any atom is -0.399 e. The molecule has 126 valence electrons. The lowest BCUT2D eigenvalue weighted by Gasteiger charge is -2.32. The van der Waals surface area contributed by atoms with E-state index in [-0.39, 0.29) is 36.2 Å². The molecule has 0 spiro atoms. The quantitative estimate of drug-likeness (QED) is 0.815. The summed E-state index contributed by atoms with van der Waals surface area (Å²) in [7, 11) is 0. The lowest BCUT2D eigenvalue weighted by molar-refractivity contribution is -0.123. The molecule has 5 nitrogen and oxygen atoms in total. The number of carbonyl (C=O) groups excluding carboxylic acids is 2. The molecule has 0 aromatic heterocycles. The van der Waals surface area contributed by atoms with Crippen molar-refractivity contribution >= 4 is 41.5 Å². The number of likely N-dealkylation sites (tertiary alicyclic amines) is 1. The molecule has 2 aliphatic rings. The van der Waals surface area contributed by atoms with Crippen molar-refractivity contribution in [2.75, 3.05) is 18.8 Å². The Bertz CT molecular complexity index is 597. The van der Waals surface area contributed by atoms with Crippen LogP contribution in [0.1, 0.15) is 36.0 Å². The Hall–Kier alpha value is -1.46. The van der Waals surface area contributed by atoms with Crippen LogP contribution in [0.4, 0.5) is 5.69 Å². The summed E-state index contributed by atoms with van der Waals surface area (Å²) in [6.07, 6.45) is 3.60. The highest BCUT2D eigenvalue weighted by Crippen LogP contribution is 2.29. The number of hydrogen-bond acceptors (Lipinski definition) is 3. The van der Waals surface area contributed by atoms with Gasteiger partial charge in [0.2, 0.25) is 5.91 Å². The van der Waals surface area contributed by atoms with Crippen LogP contribution < -0.4 is 11.1 Å². The zero-order valence-electron chi connectivity index (χ0n) is 12.8. The van der Waals surface area contributed by atoms with Crippen molar-refractivity contribution < 1.29 is 9.59 Å². The van der Waals surface area contributed by atoms with Crippen molar-refractivity contribution in [2.24, 2.45) is 5.92 Å². The van der Waals surface area contributed by atoms with Crippen LogP contribution in [-0.2, 0) is 4.79 Å². The van der Waals surface area contributed by atoms with E-state index in [1.54, 1.807) is 23.1 Å². The first-order valence-electron chi connectivity index (χ1n) is 7.69. The summed E-state index contributed by atoms with van der Waals surface area (Å²) >= 11 is 6.10. The Balaban J connectivity index is 0.00000192. The number of benzene rings is 1. The minimum atomic E-state index is -0.0723. The second kappa shape index (κ2) is 7.41. The van der Waals surface area contributed by atoms with Crippen LogP contribution in [0.2, 0.25) is 5.02 Å². The van der Waals surface area contributed by atoms with Gasteiger partial charge in [-0.1, -0.05) is 11.6 Å². The Morgan fingerprint density at radius 2 is 1.83 bits per heavy atom. The number of carbonyl (C=O) groups is 2. The summed E-state index contributed by atoms with van der Waals surface area (Å²) in [5.41, 5.74) is 6.68. The molecule has 1 heterocycles. The summed E-state index contributed by atoms with van der Waals surface area (Å²) < 4.78 is 0. The molecule has 7 heteroatoms. The van der Waals surface area contributed by atoms with Gasteiger partial charge in [0.05, 0.1) is 10.6 Å². The van der Waals surface area contributed by atoms with Gasteiger partial charge in [0.15, 0.2) is 0 Å². The molecule has 1 aliphatic carbocycles. The molecule has 1 aromatic carbocycles. The van der Waals surface area contributed by atoms with Crippen LogP contribution in [0.5, 0.6) is 0 Å². The highest BCUT2D eigenvalue weighted by atomic mass is 35.5. The maximum Gasteiger partial charge on any atom is 0.255 e. The van der Waals surface area contributed by atoms with E-state index in [1.165, 1.54) is 0 Å². The van der Waals surface area contributed by atoms with Gasteiger partial charge in [-0.15, -0.1) is 12.4 Å². The average molecular weight is 358 g/mol. The van der Waals surface area contributed by atoms with E-state index in [0.29, 0.717) is 29.4 Å². The number of piperidine rings is 1. The third-order valence-corrected chi connectivity index (χ3v) is 4.61. The number of halogens is 2. The second-order valence-corrected chi connectivity index (χ2v) is 6.50. The fourth-order valence-electron chi connectivity index (χ4n) is 2.77. The molecule has 0 unspecified atom stereocenters. The van der Waals surface area contributed by atoms with Gasteiger partial charge >= 0.3 is 0 Å². The molecule has 2 amide bonds. The maximum atomic E-state index is 12.5. The molecular weight excluding hydrogens is 337 g/mol. The van der Waals surface area contributed by atoms with Gasteiger partial charge in [-0.05, 0) is 43.9 Å². The van der Waals surface area contributed by atoms with E-state index >= 15 is 0 Å². The summed E-state index contributed by atoms with van der Waals surface area (Å²) in [6.45, 7) is 1.27. The van der Waals surface area contributed by atoms with Crippen molar-refractivity contribution in [1.82, 2.24) is 10.2 Å². The first kappa shape index (κ1) is 17.9. The Labute approximate surface area is 146 Å². The zero-order chi connectivity index (χ0) is 15.7. The smallest absolute Gasteiger partial charge is 0.255 e. The van der Waals surface area contributed by atoms with Gasteiger partial charge in [0, 0.05) is 30.7 Å². The Morgan fingerprint density at radius 1 is 1.17 bits per heavy atom. The third-order valence-electron chi connectivity index (χ3n) is 4.30. The summed E-state index contributed by atoms with van der Waals surface area (Å²) in [5, 5.41) is 3.46. The van der Waals surface area contributed by atoms with Crippen LogP contribution in [0.15, 0.2) is 18.2 Å². The molecule has 2 fully saturated rings. The maximum absolute atomic E-state index is 12.5. The normalized spacial score (nSPS) is 18.2. The van der Waals surface area contributed by atoms with Gasteiger partial charge in [-0.25, -0.2) is 0 Å². The molecule has 23 heavy (non-hydrogen) atoms. The van der Waals surface area contributed by atoms with Crippen LogP contribution in [0, 0.1) is 5.92 Å². The monoisotopic (exact) mass is 357 g/mol. The van der Waals surface area contributed by atoms with Gasteiger partial charge in [0.25, 0.3) is 5.91 Å². The summed E-state index contributed by atoms with van der Waals surface area (Å²) in [4.78, 5) is 26.0. The van der Waals surface area contributed by atoms with E-state index in [0.717, 1.165) is 25.7 Å². The number of nitrogen functional groups attached to an aromatic ring is 1. The van der Waals surface area contributed by atoms with Crippen LogP contribution in [0.25, 0.3) is 0 Å². The Morgan fingerprint density at radius 3 is 2.39 bits per heavy atom. The predicted molar refractivity (Wildman–Crippen MR) is 92.9 cm³/mol. The first-order valence-corrected chi connectivity index (χ1v) is 8.07. The number of nitrogens with two attached hydrogens (primary N) is 1. The largest absolute Gasteiger partial charge is 0.399 e. The van der Waals surface area contributed by atoms with Crippen molar-refractivity contribution in [3.05, 3.63) is 28.8 Å². The van der Waals surface area contributed by atoms with E-state index in [4.69, 9.17) is 17.3 Å². The third kappa shape index (κ3) is 4.30. The lowest BCUT2D eigenvalue weighted by atomic mass is 10.0. The van der Waals surface area contributed by atoms with Crippen LogP contribution >= 0.6 is 24.0 Å². The second-order valence-electron chi connectivity index (χ2n) is 6.09. The average Bonchev–Trinajstić information content (AvgIpc) is 3.32. The number of anilines is 1. The van der Waals surface area contributed by atoms with Gasteiger partial charge < -0.3 is 16.0 Å². The number of amides is 2. The van der Waals surface area contributed by atoms with Gasteiger partial charge in [-0.2, -0.15) is 0 Å². The zero-order valence-corrected chi connectivity index (χ0v) is 14.3.